The van der Waals surface area contributed by atoms with Crippen LogP contribution in [0, 0.1) is 20.8 Å². The molecule has 2 rings (SSSR count). The third-order valence-corrected chi connectivity index (χ3v) is 3.81. The highest BCUT2D eigenvalue weighted by Crippen LogP contribution is 2.20. The van der Waals surface area contributed by atoms with Crippen LogP contribution in [0.25, 0.3) is 0 Å². The van der Waals surface area contributed by atoms with Gasteiger partial charge in [0.2, 0.25) is 5.88 Å². The summed E-state index contributed by atoms with van der Waals surface area (Å²) in [5, 5.41) is 3.80. The summed E-state index contributed by atoms with van der Waals surface area (Å²) >= 11 is 0. The molecule has 0 atom stereocenters. The van der Waals surface area contributed by atoms with Crippen molar-refractivity contribution in [3.05, 3.63) is 58.3 Å². The van der Waals surface area contributed by atoms with E-state index in [4.69, 9.17) is 14.3 Å². The molecule has 132 valence electrons. The first-order valence-electron chi connectivity index (χ1n) is 7.83. The molecule has 6 heteroatoms. The summed E-state index contributed by atoms with van der Waals surface area (Å²) in [6.45, 7) is 6.15. The molecule has 0 saturated heterocycles. The normalized spacial score (nSPS) is 11.2. The molecule has 0 fully saturated rings. The second-order valence-corrected chi connectivity index (χ2v) is 5.57. The van der Waals surface area contributed by atoms with E-state index >= 15 is 0 Å². The number of pyridine rings is 1. The van der Waals surface area contributed by atoms with Gasteiger partial charge in [-0.05, 0) is 38.0 Å². The lowest BCUT2D eigenvalue weighted by atomic mass is 10.0. The average molecular weight is 342 g/mol. The number of aromatic nitrogens is 1. The molecule has 0 radical (unpaired) electrons. The van der Waals surface area contributed by atoms with Crippen LogP contribution >= 0.6 is 0 Å². The van der Waals surface area contributed by atoms with E-state index in [1.165, 1.54) is 14.2 Å². The van der Waals surface area contributed by atoms with Crippen molar-refractivity contribution < 1.29 is 19.1 Å². The average Bonchev–Trinajstić information content (AvgIpc) is 2.61. The lowest BCUT2D eigenvalue weighted by Gasteiger charge is -2.13. The van der Waals surface area contributed by atoms with Gasteiger partial charge in [-0.25, -0.2) is 9.78 Å². The summed E-state index contributed by atoms with van der Waals surface area (Å²) < 4.78 is 10.7. The number of carbonyl (C=O) groups excluding carboxylic acids is 1. The lowest BCUT2D eigenvalue weighted by molar-refractivity contribution is -0.132. The predicted octanol–water partition coefficient (Wildman–Crippen LogP) is 3.11. The minimum atomic E-state index is -0.574. The van der Waals surface area contributed by atoms with Gasteiger partial charge >= 0.3 is 5.97 Å². The number of hydrogen-bond acceptors (Lipinski definition) is 6. The molecule has 0 spiro atoms. The highest BCUT2D eigenvalue weighted by Gasteiger charge is 2.19. The number of oxime groups is 1. The van der Waals surface area contributed by atoms with E-state index in [9.17, 15) is 4.79 Å². The summed E-state index contributed by atoms with van der Waals surface area (Å²) in [7, 11) is 2.68. The molecule has 0 bridgehead atoms. The third kappa shape index (κ3) is 4.35. The number of benzene rings is 1. The fraction of sp³-hybridized carbons (Fsp3) is 0.316. The minimum Gasteiger partial charge on any atom is -0.473 e. The van der Waals surface area contributed by atoms with Crippen LogP contribution in [0.3, 0.4) is 0 Å². The minimum absolute atomic E-state index is 0.0916. The number of ether oxygens (including phenoxy) is 2. The lowest BCUT2D eigenvalue weighted by Crippen LogP contribution is -2.20. The second kappa shape index (κ2) is 8.28. The van der Waals surface area contributed by atoms with Crippen LogP contribution in [-0.2, 0) is 21.0 Å². The van der Waals surface area contributed by atoms with Gasteiger partial charge in [0, 0.05) is 16.8 Å². The molecule has 6 nitrogen and oxygen atoms in total. The van der Waals surface area contributed by atoms with Gasteiger partial charge in [-0.1, -0.05) is 29.4 Å². The number of rotatable bonds is 6. The summed E-state index contributed by atoms with van der Waals surface area (Å²) in [5.41, 5.74) is 4.46. The first-order chi connectivity index (χ1) is 12.0. The highest BCUT2D eigenvalue weighted by atomic mass is 16.6. The first-order valence-corrected chi connectivity index (χ1v) is 7.83. The van der Waals surface area contributed by atoms with Gasteiger partial charge in [-0.3, -0.25) is 0 Å². The number of carbonyl (C=O) groups is 1. The predicted molar refractivity (Wildman–Crippen MR) is 94.8 cm³/mol. The maximum atomic E-state index is 12.0. The Kier molecular flexibility index (Phi) is 6.11. The van der Waals surface area contributed by atoms with Crippen LogP contribution in [0.5, 0.6) is 5.88 Å². The van der Waals surface area contributed by atoms with E-state index in [0.717, 1.165) is 22.4 Å². The summed E-state index contributed by atoms with van der Waals surface area (Å²) in [5.74, 6) is -0.00372. The second-order valence-electron chi connectivity index (χ2n) is 5.57. The van der Waals surface area contributed by atoms with Crippen molar-refractivity contribution in [3.8, 4) is 5.88 Å². The zero-order valence-corrected chi connectivity index (χ0v) is 15.1. The van der Waals surface area contributed by atoms with Crippen LogP contribution in [0.4, 0.5) is 0 Å². The molecule has 0 aliphatic heterocycles. The van der Waals surface area contributed by atoms with Crippen LogP contribution in [-0.4, -0.2) is 30.9 Å². The number of aryl methyl sites for hydroxylation is 3. The Labute approximate surface area is 147 Å². The Hall–Kier alpha value is -2.89. The van der Waals surface area contributed by atoms with Crippen molar-refractivity contribution in [1.29, 1.82) is 0 Å². The molecule has 0 unspecified atom stereocenters. The van der Waals surface area contributed by atoms with Gasteiger partial charge in [0.15, 0.2) is 5.71 Å². The number of nitrogens with zero attached hydrogens (tertiary/aromatic N) is 2. The number of methoxy groups -OCH3 is 1. The fourth-order valence-electron chi connectivity index (χ4n) is 2.37. The van der Waals surface area contributed by atoms with Gasteiger partial charge < -0.3 is 14.3 Å². The maximum absolute atomic E-state index is 12.0. The summed E-state index contributed by atoms with van der Waals surface area (Å²) in [6.07, 6.45) is 0. The smallest absolute Gasteiger partial charge is 0.360 e. The molecular formula is C19H22N2O4. The number of esters is 1. The largest absolute Gasteiger partial charge is 0.473 e. The van der Waals surface area contributed by atoms with E-state index in [-0.39, 0.29) is 12.3 Å². The van der Waals surface area contributed by atoms with Crippen molar-refractivity contribution in [2.24, 2.45) is 5.16 Å². The SMILES string of the molecule is CO/N=C(\C(=O)OC)c1ccccc1COc1nc(C)c(C)cc1C. The van der Waals surface area contributed by atoms with Crippen LogP contribution in [0.15, 0.2) is 35.5 Å². The molecular weight excluding hydrogens is 320 g/mol. The Morgan fingerprint density at radius 1 is 1.12 bits per heavy atom. The Balaban J connectivity index is 2.31. The van der Waals surface area contributed by atoms with E-state index < -0.39 is 5.97 Å². The standard InChI is InChI=1S/C19H22N2O4/c1-12-10-13(2)18(20-14(12)3)25-11-15-8-6-7-9-16(15)17(21-24-5)19(22)23-4/h6-10H,11H2,1-5H3/b21-17-. The van der Waals surface area contributed by atoms with Crippen molar-refractivity contribution >= 4 is 11.7 Å². The number of hydrogen-bond donors (Lipinski definition) is 0. The van der Waals surface area contributed by atoms with Gasteiger partial charge in [0.1, 0.15) is 13.7 Å². The van der Waals surface area contributed by atoms with E-state index in [2.05, 4.69) is 10.1 Å². The molecule has 0 N–H and O–H groups in total. The molecule has 1 aromatic carbocycles. The topological polar surface area (TPSA) is 70.0 Å². The highest BCUT2D eigenvalue weighted by molar-refractivity contribution is 6.43. The van der Waals surface area contributed by atoms with Gasteiger partial charge in [-0.2, -0.15) is 0 Å². The van der Waals surface area contributed by atoms with Gasteiger partial charge in [-0.15, -0.1) is 0 Å². The molecule has 0 aliphatic rings. The fourth-order valence-corrected chi connectivity index (χ4v) is 2.37. The van der Waals surface area contributed by atoms with Crippen molar-refractivity contribution in [2.45, 2.75) is 27.4 Å². The Bertz CT molecular complexity index is 800. The molecule has 0 saturated carbocycles. The van der Waals surface area contributed by atoms with Crippen molar-refractivity contribution in [1.82, 2.24) is 4.98 Å². The maximum Gasteiger partial charge on any atom is 0.360 e. The molecule has 1 aromatic heterocycles. The third-order valence-electron chi connectivity index (χ3n) is 3.81. The van der Waals surface area contributed by atoms with Crippen LogP contribution < -0.4 is 4.74 Å². The zero-order valence-electron chi connectivity index (χ0n) is 15.1. The van der Waals surface area contributed by atoms with Crippen LogP contribution in [0.2, 0.25) is 0 Å². The van der Waals surface area contributed by atoms with Gasteiger partial charge in [0.25, 0.3) is 0 Å². The van der Waals surface area contributed by atoms with Crippen molar-refractivity contribution in [3.63, 3.8) is 0 Å². The molecule has 0 amide bonds. The first kappa shape index (κ1) is 18.4. The molecule has 0 aliphatic carbocycles. The summed E-state index contributed by atoms with van der Waals surface area (Å²) in [6, 6.07) is 9.35. The van der Waals surface area contributed by atoms with Gasteiger partial charge in [0.05, 0.1) is 7.11 Å². The zero-order chi connectivity index (χ0) is 18.4. The van der Waals surface area contributed by atoms with E-state index in [1.54, 1.807) is 6.07 Å². The van der Waals surface area contributed by atoms with Crippen molar-refractivity contribution in [2.75, 3.05) is 14.2 Å². The van der Waals surface area contributed by atoms with E-state index in [1.807, 2.05) is 45.0 Å². The monoisotopic (exact) mass is 342 g/mol. The van der Waals surface area contributed by atoms with Crippen LogP contribution in [0.1, 0.15) is 27.9 Å². The molecule has 2 aromatic rings. The molecule has 1 heterocycles. The Morgan fingerprint density at radius 2 is 1.84 bits per heavy atom. The quantitative estimate of drug-likeness (QED) is 0.458. The van der Waals surface area contributed by atoms with E-state index in [0.29, 0.717) is 11.4 Å². The molecule has 25 heavy (non-hydrogen) atoms. The summed E-state index contributed by atoms with van der Waals surface area (Å²) in [4.78, 5) is 21.2. The Morgan fingerprint density at radius 3 is 2.52 bits per heavy atom.